The summed E-state index contributed by atoms with van der Waals surface area (Å²) in [7, 11) is 0. The summed E-state index contributed by atoms with van der Waals surface area (Å²) in [5.74, 6) is -2.30. The molecular weight excluding hydrogens is 320 g/mol. The summed E-state index contributed by atoms with van der Waals surface area (Å²) in [6.07, 6.45) is 1.49. The van der Waals surface area contributed by atoms with E-state index in [2.05, 4.69) is 10.6 Å². The zero-order chi connectivity index (χ0) is 18.2. The molecule has 0 spiro atoms. The van der Waals surface area contributed by atoms with Gasteiger partial charge in [-0.15, -0.1) is 0 Å². The van der Waals surface area contributed by atoms with Crippen LogP contribution >= 0.6 is 0 Å². The second-order valence-electron chi connectivity index (χ2n) is 5.32. The summed E-state index contributed by atoms with van der Waals surface area (Å²) >= 11 is 0. The van der Waals surface area contributed by atoms with Gasteiger partial charge in [-0.3, -0.25) is 14.4 Å². The van der Waals surface area contributed by atoms with Crippen LogP contribution in [0.3, 0.4) is 0 Å². The van der Waals surface area contributed by atoms with Crippen molar-refractivity contribution in [3.63, 3.8) is 0 Å². The smallest absolute Gasteiger partial charge is 0.325 e. The predicted molar refractivity (Wildman–Crippen MR) is 93.6 cm³/mol. The number of amides is 2. The largest absolute Gasteiger partial charge is 0.480 e. The molecule has 0 saturated carbocycles. The van der Waals surface area contributed by atoms with Crippen molar-refractivity contribution in [1.82, 2.24) is 10.6 Å². The summed E-state index contributed by atoms with van der Waals surface area (Å²) in [6, 6.07) is 16.3. The third-order valence-electron chi connectivity index (χ3n) is 3.36. The van der Waals surface area contributed by atoms with Gasteiger partial charge in [0.15, 0.2) is 0 Å². The maximum Gasteiger partial charge on any atom is 0.325 e. The molecule has 0 aromatic heterocycles. The van der Waals surface area contributed by atoms with Crippen molar-refractivity contribution >= 4 is 23.9 Å². The minimum Gasteiger partial charge on any atom is -0.480 e. The summed E-state index contributed by atoms with van der Waals surface area (Å²) in [4.78, 5) is 35.6. The van der Waals surface area contributed by atoms with Gasteiger partial charge >= 0.3 is 5.97 Å². The van der Waals surface area contributed by atoms with Crippen molar-refractivity contribution in [1.29, 1.82) is 0 Å². The third-order valence-corrected chi connectivity index (χ3v) is 3.36. The average Bonchev–Trinajstić information content (AvgIpc) is 2.62. The highest BCUT2D eigenvalue weighted by molar-refractivity contribution is 6.06. The van der Waals surface area contributed by atoms with Gasteiger partial charge in [-0.05, 0) is 30.7 Å². The van der Waals surface area contributed by atoms with Crippen molar-refractivity contribution in [3.8, 4) is 0 Å². The molecule has 3 N–H and O–H groups in total. The number of carbonyl (C=O) groups excluding carboxylic acids is 2. The first kappa shape index (κ1) is 17.9. The first-order valence-corrected chi connectivity index (χ1v) is 7.64. The summed E-state index contributed by atoms with van der Waals surface area (Å²) in [6.45, 7) is 1.35. The van der Waals surface area contributed by atoms with Gasteiger partial charge in [0, 0.05) is 5.56 Å². The van der Waals surface area contributed by atoms with E-state index in [0.29, 0.717) is 11.1 Å². The van der Waals surface area contributed by atoms with Crippen molar-refractivity contribution in [2.24, 2.45) is 0 Å². The first-order valence-electron chi connectivity index (χ1n) is 7.64. The Morgan fingerprint density at radius 3 is 2.08 bits per heavy atom. The second kappa shape index (κ2) is 8.44. The number of carboxylic acid groups (broad SMARTS) is 1. The molecule has 1 atom stereocenters. The molecule has 6 nitrogen and oxygen atoms in total. The Hall–Kier alpha value is -3.41. The van der Waals surface area contributed by atoms with Crippen LogP contribution in [-0.2, 0) is 9.59 Å². The van der Waals surface area contributed by atoms with Gasteiger partial charge in [0.1, 0.15) is 11.7 Å². The second-order valence-corrected chi connectivity index (χ2v) is 5.32. The molecule has 0 aliphatic rings. The van der Waals surface area contributed by atoms with Crippen molar-refractivity contribution in [2.45, 2.75) is 13.0 Å². The fourth-order valence-corrected chi connectivity index (χ4v) is 1.99. The molecule has 6 heteroatoms. The van der Waals surface area contributed by atoms with Gasteiger partial charge < -0.3 is 15.7 Å². The maximum atomic E-state index is 12.4. The number of carbonyl (C=O) groups is 3. The Morgan fingerprint density at radius 2 is 1.52 bits per heavy atom. The topological polar surface area (TPSA) is 95.5 Å². The van der Waals surface area contributed by atoms with Crippen LogP contribution in [-0.4, -0.2) is 28.9 Å². The first-order chi connectivity index (χ1) is 12.0. The van der Waals surface area contributed by atoms with Crippen LogP contribution in [0.2, 0.25) is 0 Å². The van der Waals surface area contributed by atoms with Gasteiger partial charge in [0.05, 0.1) is 0 Å². The van der Waals surface area contributed by atoms with Crippen molar-refractivity contribution < 1.29 is 19.5 Å². The van der Waals surface area contributed by atoms with Crippen LogP contribution in [0.1, 0.15) is 22.8 Å². The lowest BCUT2D eigenvalue weighted by molar-refractivity contribution is -0.140. The van der Waals surface area contributed by atoms with Crippen LogP contribution in [0, 0.1) is 0 Å². The molecule has 0 saturated heterocycles. The molecule has 25 heavy (non-hydrogen) atoms. The molecule has 0 aliphatic carbocycles. The van der Waals surface area contributed by atoms with Crippen molar-refractivity contribution in [2.75, 3.05) is 0 Å². The zero-order valence-corrected chi connectivity index (χ0v) is 13.6. The SMILES string of the molecule is CC(NC(=O)/C(=C/c1ccccc1)NC(=O)c1ccccc1)C(=O)O. The normalized spacial score (nSPS) is 12.1. The van der Waals surface area contributed by atoms with E-state index in [-0.39, 0.29) is 5.70 Å². The summed E-state index contributed by atoms with van der Waals surface area (Å²) < 4.78 is 0. The number of hydrogen-bond acceptors (Lipinski definition) is 3. The highest BCUT2D eigenvalue weighted by atomic mass is 16.4. The molecular formula is C19H18N2O4. The molecule has 2 rings (SSSR count). The van der Waals surface area contributed by atoms with E-state index < -0.39 is 23.8 Å². The number of carboxylic acids is 1. The molecule has 0 fully saturated rings. The fraction of sp³-hybridized carbons (Fsp3) is 0.105. The number of aliphatic carboxylic acids is 1. The third kappa shape index (κ3) is 5.31. The highest BCUT2D eigenvalue weighted by Crippen LogP contribution is 2.07. The van der Waals surface area contributed by atoms with Crippen LogP contribution in [0.25, 0.3) is 6.08 Å². The van der Waals surface area contributed by atoms with E-state index in [1.807, 2.05) is 6.07 Å². The van der Waals surface area contributed by atoms with Crippen LogP contribution in [0.15, 0.2) is 66.4 Å². The quantitative estimate of drug-likeness (QED) is 0.703. The lowest BCUT2D eigenvalue weighted by atomic mass is 10.1. The Labute approximate surface area is 145 Å². The van der Waals surface area contributed by atoms with Crippen LogP contribution in [0.4, 0.5) is 0 Å². The number of hydrogen-bond donors (Lipinski definition) is 3. The van der Waals surface area contributed by atoms with Gasteiger partial charge in [0.2, 0.25) is 0 Å². The Kier molecular flexibility index (Phi) is 6.06. The van der Waals surface area contributed by atoms with E-state index in [1.54, 1.807) is 54.6 Å². The monoisotopic (exact) mass is 338 g/mol. The number of rotatable bonds is 6. The van der Waals surface area contributed by atoms with E-state index in [4.69, 9.17) is 5.11 Å². The molecule has 2 amide bonds. The number of benzene rings is 2. The van der Waals surface area contributed by atoms with Gasteiger partial charge in [-0.25, -0.2) is 0 Å². The molecule has 128 valence electrons. The minimum atomic E-state index is -1.17. The summed E-state index contributed by atoms with van der Waals surface area (Å²) in [5.41, 5.74) is 1.05. The van der Waals surface area contributed by atoms with Gasteiger partial charge in [-0.2, -0.15) is 0 Å². The molecule has 0 radical (unpaired) electrons. The van der Waals surface area contributed by atoms with Gasteiger partial charge in [0.25, 0.3) is 11.8 Å². The molecule has 1 unspecified atom stereocenters. The Bertz CT molecular complexity index is 786. The fourth-order valence-electron chi connectivity index (χ4n) is 1.99. The Balaban J connectivity index is 2.26. The van der Waals surface area contributed by atoms with Crippen LogP contribution < -0.4 is 10.6 Å². The maximum absolute atomic E-state index is 12.4. The zero-order valence-electron chi connectivity index (χ0n) is 13.6. The lowest BCUT2D eigenvalue weighted by Crippen LogP contribution is -2.42. The number of nitrogens with one attached hydrogen (secondary N) is 2. The molecule has 0 bridgehead atoms. The highest BCUT2D eigenvalue weighted by Gasteiger charge is 2.19. The van der Waals surface area contributed by atoms with Gasteiger partial charge in [-0.1, -0.05) is 48.5 Å². The molecule has 2 aromatic rings. The predicted octanol–water partition coefficient (Wildman–Crippen LogP) is 2.05. The molecule has 0 heterocycles. The minimum absolute atomic E-state index is 0.0341. The van der Waals surface area contributed by atoms with Crippen LogP contribution in [0.5, 0.6) is 0 Å². The summed E-state index contributed by atoms with van der Waals surface area (Å²) in [5, 5.41) is 13.8. The molecule has 2 aromatic carbocycles. The molecule has 0 aliphatic heterocycles. The lowest BCUT2D eigenvalue weighted by Gasteiger charge is -2.13. The Morgan fingerprint density at radius 1 is 0.960 bits per heavy atom. The van der Waals surface area contributed by atoms with E-state index in [9.17, 15) is 14.4 Å². The van der Waals surface area contributed by atoms with E-state index >= 15 is 0 Å². The van der Waals surface area contributed by atoms with E-state index in [0.717, 1.165) is 0 Å². The average molecular weight is 338 g/mol. The standard InChI is InChI=1S/C19H18N2O4/c1-13(19(24)25)20-18(23)16(12-14-8-4-2-5-9-14)21-17(22)15-10-6-3-7-11-15/h2-13H,1H3,(H,20,23)(H,21,22)(H,24,25)/b16-12-. The van der Waals surface area contributed by atoms with Crippen molar-refractivity contribution in [3.05, 3.63) is 77.5 Å². The van der Waals surface area contributed by atoms with E-state index in [1.165, 1.54) is 13.0 Å².